The van der Waals surface area contributed by atoms with Gasteiger partial charge in [0.05, 0.1) is 40.3 Å². The number of hydrogen-bond donors (Lipinski definition) is 0. The van der Waals surface area contributed by atoms with Crippen molar-refractivity contribution in [1.29, 1.82) is 0 Å². The standard InChI is InChI=1S/C108H88BN5/c1-106(2,3)79-49-58-98-92(64-79)93-65-80(107(4,5)6)50-59-99(93)112(98)85-55-57-95-101(68-85)113(86-61-77(72-34-18-11-19-35-72)60-78(62-86)73-36-20-12-21-37-73)102-69-87(110(82-42-26-15-27-43-82)83-51-53-84(54-52-83)111-96-46-30-28-44-88(96)89-45-29-31-47-97(89)111)70-103-104(102)109(95)94-56-48-76(71-32-16-10-17-33-71)63-100(94)114(103)105-90(74-38-22-13-23-39-74)66-81(108(7,8)9)67-91(105)75-40-24-14-25-41-75/h10-70H,1-9H3/i10D,16D,17D,32D,33D. The monoisotopic (exact) mass is 1470 g/mol. The summed E-state index contributed by atoms with van der Waals surface area (Å²) in [4.78, 5) is 7.46. The lowest BCUT2D eigenvalue weighted by atomic mass is 9.33. The molecule has 16 aromatic carbocycles. The molecule has 0 amide bonds. The second-order valence-electron chi connectivity index (χ2n) is 33.8. The summed E-state index contributed by atoms with van der Waals surface area (Å²) in [5.74, 6) is 0. The van der Waals surface area contributed by atoms with Crippen LogP contribution in [0.4, 0.5) is 51.2 Å². The Morgan fingerprint density at radius 1 is 0.272 bits per heavy atom. The molecule has 0 spiro atoms. The van der Waals surface area contributed by atoms with Gasteiger partial charge in [-0.15, -0.1) is 0 Å². The van der Waals surface area contributed by atoms with Gasteiger partial charge in [0.1, 0.15) is 0 Å². The molecule has 0 aliphatic carbocycles. The predicted octanol–water partition coefficient (Wildman–Crippen LogP) is 27.7. The third-order valence-corrected chi connectivity index (χ3v) is 23.6. The van der Waals surface area contributed by atoms with Gasteiger partial charge < -0.3 is 23.8 Å². The largest absolute Gasteiger partial charge is 0.311 e. The van der Waals surface area contributed by atoms with Gasteiger partial charge in [-0.1, -0.05) is 299 Å². The van der Waals surface area contributed by atoms with Crippen molar-refractivity contribution in [1.82, 2.24) is 9.13 Å². The minimum Gasteiger partial charge on any atom is -0.311 e. The molecule has 0 saturated carbocycles. The molecule has 6 heteroatoms. The van der Waals surface area contributed by atoms with Crippen LogP contribution < -0.4 is 31.1 Å². The van der Waals surface area contributed by atoms with Crippen molar-refractivity contribution in [2.45, 2.75) is 78.6 Å². The Kier molecular flexibility index (Phi) is 15.3. The molecule has 0 fully saturated rings. The lowest BCUT2D eigenvalue weighted by Gasteiger charge is -2.46. The van der Waals surface area contributed by atoms with E-state index in [9.17, 15) is 5.48 Å². The number of nitrogens with zero attached hydrogens (tertiary/aromatic N) is 5. The Hall–Kier alpha value is -13.4. The Morgan fingerprint density at radius 2 is 0.702 bits per heavy atom. The fraction of sp³-hybridized carbons (Fsp3) is 0.111. The fourth-order valence-corrected chi connectivity index (χ4v) is 17.8. The minimum atomic E-state index is -0.493. The Labute approximate surface area is 676 Å². The summed E-state index contributed by atoms with van der Waals surface area (Å²) >= 11 is 0. The zero-order chi connectivity index (χ0) is 81.7. The van der Waals surface area contributed by atoms with Crippen LogP contribution in [0, 0.1) is 0 Å². The highest BCUT2D eigenvalue weighted by atomic mass is 15.2. The van der Waals surface area contributed by atoms with Crippen LogP contribution in [0.2, 0.25) is 0 Å². The van der Waals surface area contributed by atoms with E-state index in [1.54, 1.807) is 0 Å². The van der Waals surface area contributed by atoms with E-state index in [-0.39, 0.29) is 33.9 Å². The Morgan fingerprint density at radius 3 is 1.22 bits per heavy atom. The molecule has 0 bridgehead atoms. The van der Waals surface area contributed by atoms with Crippen LogP contribution in [-0.4, -0.2) is 15.8 Å². The summed E-state index contributed by atoms with van der Waals surface area (Å²) < 4.78 is 51.9. The van der Waals surface area contributed by atoms with Gasteiger partial charge in [0.2, 0.25) is 0 Å². The van der Waals surface area contributed by atoms with Crippen molar-refractivity contribution < 1.29 is 6.85 Å². The van der Waals surface area contributed by atoms with Crippen LogP contribution in [0.5, 0.6) is 0 Å². The third-order valence-electron chi connectivity index (χ3n) is 23.6. The lowest BCUT2D eigenvalue weighted by Crippen LogP contribution is -2.61. The number of hydrogen-bond acceptors (Lipinski definition) is 3. The van der Waals surface area contributed by atoms with Crippen molar-refractivity contribution in [3.63, 3.8) is 0 Å². The van der Waals surface area contributed by atoms with Crippen LogP contribution >= 0.6 is 0 Å². The molecular formula is C108H88BN5. The first-order valence-corrected chi connectivity index (χ1v) is 39.7. The highest BCUT2D eigenvalue weighted by Crippen LogP contribution is 2.55. The molecule has 548 valence electrons. The van der Waals surface area contributed by atoms with Gasteiger partial charge in [0.25, 0.3) is 6.71 Å². The van der Waals surface area contributed by atoms with E-state index in [0.717, 1.165) is 151 Å². The van der Waals surface area contributed by atoms with Crippen LogP contribution in [0.1, 0.15) is 85.9 Å². The van der Waals surface area contributed by atoms with Gasteiger partial charge in [-0.2, -0.15) is 0 Å². The Bertz CT molecular complexity index is 6830. The molecule has 0 atom stereocenters. The van der Waals surface area contributed by atoms with E-state index in [0.29, 0.717) is 5.56 Å². The normalized spacial score (nSPS) is 13.3. The van der Waals surface area contributed by atoms with Gasteiger partial charge in [-0.25, -0.2) is 0 Å². The maximum atomic E-state index is 9.79. The van der Waals surface area contributed by atoms with Gasteiger partial charge in [0.15, 0.2) is 0 Å². The van der Waals surface area contributed by atoms with Gasteiger partial charge in [-0.05, 0) is 227 Å². The first-order chi connectivity index (χ1) is 57.5. The van der Waals surface area contributed by atoms with E-state index in [1.165, 1.54) is 32.7 Å². The predicted molar refractivity (Wildman–Crippen MR) is 487 cm³/mol. The van der Waals surface area contributed by atoms with E-state index in [1.807, 2.05) is 6.07 Å². The van der Waals surface area contributed by atoms with Crippen molar-refractivity contribution in [2.24, 2.45) is 0 Å². The van der Waals surface area contributed by atoms with Crippen LogP contribution in [0.3, 0.4) is 0 Å². The van der Waals surface area contributed by atoms with E-state index in [2.05, 4.69) is 420 Å². The first-order valence-electron chi connectivity index (χ1n) is 42.2. The summed E-state index contributed by atoms with van der Waals surface area (Å²) in [6.07, 6.45) is 0. The summed E-state index contributed by atoms with van der Waals surface area (Å²) in [5.41, 5.74) is 29.7. The molecule has 0 saturated heterocycles. The van der Waals surface area contributed by atoms with Crippen molar-refractivity contribution in [3.8, 4) is 67.0 Å². The summed E-state index contributed by atoms with van der Waals surface area (Å²) in [6.45, 7) is 20.1. The van der Waals surface area contributed by atoms with E-state index in [4.69, 9.17) is 1.37 Å². The number of anilines is 9. The van der Waals surface area contributed by atoms with Gasteiger partial charge >= 0.3 is 0 Å². The van der Waals surface area contributed by atoms with Crippen molar-refractivity contribution >= 4 is 118 Å². The van der Waals surface area contributed by atoms with E-state index < -0.39 is 24.8 Å². The summed E-state index contributed by atoms with van der Waals surface area (Å²) in [6, 6.07) is 123. The first kappa shape index (κ1) is 64.3. The molecule has 5 nitrogen and oxygen atoms in total. The average molecular weight is 1470 g/mol. The van der Waals surface area contributed by atoms with Crippen molar-refractivity contribution in [3.05, 3.63) is 387 Å². The van der Waals surface area contributed by atoms with Gasteiger partial charge in [0, 0.05) is 83.9 Å². The molecule has 2 aliphatic rings. The SMILES string of the molecule is [2H]c1c([2H])c([2H])c(-c2ccc3c(c2)N(c2c(-c4ccccc4)cc(C(C)(C)C)cc2-c2ccccc2)c2cc(N(c4ccccc4)c4ccc(-n5c6ccccc6c6ccccc65)cc4)cc4c2B3c2ccc(-n3c5ccc(C(C)(C)C)cc5c5cc(C(C)(C)C)ccc53)cc2N4c2cc(-c3ccccc3)cc(-c3ccccc3)c2)c([2H])c1[2H]. The molecule has 2 aliphatic heterocycles. The number of para-hydroxylation sites is 3. The third kappa shape index (κ3) is 11.9. The molecule has 0 unspecified atom stereocenters. The van der Waals surface area contributed by atoms with Gasteiger partial charge in [-0.3, -0.25) is 0 Å². The molecule has 18 aromatic rings. The molecule has 114 heavy (non-hydrogen) atoms. The highest BCUT2D eigenvalue weighted by molar-refractivity contribution is 7.00. The summed E-state index contributed by atoms with van der Waals surface area (Å²) in [7, 11) is 0. The van der Waals surface area contributed by atoms with Crippen molar-refractivity contribution in [2.75, 3.05) is 14.7 Å². The molecule has 0 radical (unpaired) electrons. The number of rotatable bonds is 12. The van der Waals surface area contributed by atoms with E-state index >= 15 is 0 Å². The molecule has 2 aromatic heterocycles. The smallest absolute Gasteiger partial charge is 0.252 e. The maximum Gasteiger partial charge on any atom is 0.252 e. The van der Waals surface area contributed by atoms with Crippen LogP contribution in [0.15, 0.2) is 370 Å². The van der Waals surface area contributed by atoms with Crippen LogP contribution in [-0.2, 0) is 16.2 Å². The second-order valence-corrected chi connectivity index (χ2v) is 33.8. The lowest BCUT2D eigenvalue weighted by molar-refractivity contribution is 0.590. The second kappa shape index (κ2) is 27.2. The number of aromatic nitrogens is 2. The maximum absolute atomic E-state index is 9.79. The topological polar surface area (TPSA) is 19.6 Å². The molecular weight excluding hydrogens is 1380 g/mol. The quantitative estimate of drug-likeness (QED) is 0.114. The summed E-state index contributed by atoms with van der Waals surface area (Å²) in [5, 5.41) is 4.76. The van der Waals surface area contributed by atoms with Crippen LogP contribution in [0.25, 0.3) is 111 Å². The molecule has 4 heterocycles. The minimum absolute atomic E-state index is 0.120. The zero-order valence-corrected chi connectivity index (χ0v) is 65.6. The zero-order valence-electron chi connectivity index (χ0n) is 70.6. The molecule has 0 N–H and O–H groups in total. The highest BCUT2D eigenvalue weighted by Gasteiger charge is 2.46. The number of fused-ring (bicyclic) bond motifs is 10. The average Bonchev–Trinajstić information content (AvgIpc) is 1.34. The number of benzene rings is 16. The fourth-order valence-electron chi connectivity index (χ4n) is 17.8. The Balaban J connectivity index is 0.960. The molecule has 20 rings (SSSR count).